The predicted octanol–water partition coefficient (Wildman–Crippen LogP) is 2.72. The lowest BCUT2D eigenvalue weighted by molar-refractivity contribution is -0.114. The Hall–Kier alpha value is -1.31. The summed E-state index contributed by atoms with van der Waals surface area (Å²) in [6.07, 6.45) is 3.92. The highest BCUT2D eigenvalue weighted by Gasteiger charge is 1.99. The van der Waals surface area contributed by atoms with Crippen LogP contribution >= 0.6 is 0 Å². The van der Waals surface area contributed by atoms with Gasteiger partial charge in [0.2, 0.25) is 5.91 Å². The molecule has 0 rings (SSSR count). The number of rotatable bonds is 3. The van der Waals surface area contributed by atoms with Gasteiger partial charge in [-0.05, 0) is 40.2 Å². The van der Waals surface area contributed by atoms with Crippen molar-refractivity contribution in [2.24, 2.45) is 5.73 Å². The number of nitrogens with two attached hydrogens (primary N) is 1. The minimum Gasteiger partial charge on any atom is -0.366 e. The number of primary amides is 1. The van der Waals surface area contributed by atoms with Crippen LogP contribution in [-0.2, 0) is 4.79 Å². The Morgan fingerprint density at radius 2 is 1.36 bits per heavy atom. The molecule has 2 heteroatoms. The number of carbonyl (C=O) groups excluding carboxylic acids is 1. The molecule has 0 bridgehead atoms. The third-order valence-electron chi connectivity index (χ3n) is 2.33. The summed E-state index contributed by atoms with van der Waals surface area (Å²) in [5, 5.41) is 0. The van der Waals surface area contributed by atoms with Crippen molar-refractivity contribution in [3.63, 3.8) is 0 Å². The molecule has 0 radical (unpaired) electrons. The highest BCUT2D eigenvalue weighted by atomic mass is 16.1. The molecule has 0 spiro atoms. The van der Waals surface area contributed by atoms with Gasteiger partial charge in [0.1, 0.15) is 0 Å². The van der Waals surface area contributed by atoms with Crippen molar-refractivity contribution in [2.45, 2.75) is 34.6 Å². The molecule has 0 fully saturated rings. The van der Waals surface area contributed by atoms with Gasteiger partial charge in [-0.3, -0.25) is 4.79 Å². The van der Waals surface area contributed by atoms with Crippen molar-refractivity contribution in [1.82, 2.24) is 0 Å². The Labute approximate surface area is 86.2 Å². The van der Waals surface area contributed by atoms with E-state index in [-0.39, 0.29) is 5.91 Å². The van der Waals surface area contributed by atoms with E-state index in [1.54, 1.807) is 6.92 Å². The highest BCUT2D eigenvalue weighted by molar-refractivity contribution is 5.92. The molecule has 2 N–H and O–H groups in total. The van der Waals surface area contributed by atoms with Crippen LogP contribution in [-0.4, -0.2) is 5.91 Å². The van der Waals surface area contributed by atoms with E-state index in [2.05, 4.69) is 13.8 Å². The predicted molar refractivity (Wildman–Crippen MR) is 60.8 cm³/mol. The first kappa shape index (κ1) is 12.7. The lowest BCUT2D eigenvalue weighted by atomic mass is 10.1. The van der Waals surface area contributed by atoms with Crippen LogP contribution in [0.4, 0.5) is 0 Å². The smallest absolute Gasteiger partial charge is 0.244 e. The average molecular weight is 193 g/mol. The zero-order chi connectivity index (χ0) is 11.3. The topological polar surface area (TPSA) is 43.1 Å². The molecule has 0 aliphatic carbocycles. The molecule has 1 amide bonds. The molecule has 78 valence electrons. The maximum atomic E-state index is 10.8. The molecule has 14 heavy (non-hydrogen) atoms. The second-order valence-electron chi connectivity index (χ2n) is 3.69. The Kier molecular flexibility index (Phi) is 4.92. The standard InChI is InChI=1S/C12H19NO/c1-8(2)9(3)6-7-10(4)11(5)12(13)14/h6-7H,1-5H3,(H2,13,14). The van der Waals surface area contributed by atoms with E-state index in [1.807, 2.05) is 26.0 Å². The van der Waals surface area contributed by atoms with Crippen LogP contribution in [0, 0.1) is 0 Å². The van der Waals surface area contributed by atoms with Crippen LogP contribution in [0.2, 0.25) is 0 Å². The molecular weight excluding hydrogens is 174 g/mol. The van der Waals surface area contributed by atoms with E-state index < -0.39 is 0 Å². The van der Waals surface area contributed by atoms with Crippen molar-refractivity contribution in [1.29, 1.82) is 0 Å². The van der Waals surface area contributed by atoms with Crippen LogP contribution in [0.5, 0.6) is 0 Å². The quantitative estimate of drug-likeness (QED) is 0.543. The van der Waals surface area contributed by atoms with Crippen molar-refractivity contribution >= 4 is 5.91 Å². The third kappa shape index (κ3) is 4.08. The maximum absolute atomic E-state index is 10.8. The molecule has 0 saturated heterocycles. The molecule has 0 atom stereocenters. The van der Waals surface area contributed by atoms with Crippen LogP contribution in [0.25, 0.3) is 0 Å². The van der Waals surface area contributed by atoms with Crippen molar-refractivity contribution in [3.05, 3.63) is 34.4 Å². The number of hydrogen-bond donors (Lipinski definition) is 1. The monoisotopic (exact) mass is 193 g/mol. The first-order valence-electron chi connectivity index (χ1n) is 4.65. The van der Waals surface area contributed by atoms with E-state index >= 15 is 0 Å². The van der Waals surface area contributed by atoms with E-state index in [0.29, 0.717) is 5.57 Å². The molecule has 0 aromatic heterocycles. The summed E-state index contributed by atoms with van der Waals surface area (Å²) in [6, 6.07) is 0. The van der Waals surface area contributed by atoms with Crippen molar-refractivity contribution < 1.29 is 4.79 Å². The second kappa shape index (κ2) is 5.43. The summed E-state index contributed by atoms with van der Waals surface area (Å²) >= 11 is 0. The largest absolute Gasteiger partial charge is 0.366 e. The molecule has 0 aromatic carbocycles. The van der Waals surface area contributed by atoms with Gasteiger partial charge in [0.25, 0.3) is 0 Å². The zero-order valence-corrected chi connectivity index (χ0v) is 9.64. The summed E-state index contributed by atoms with van der Waals surface area (Å²) in [6.45, 7) is 9.77. The molecule has 0 aromatic rings. The van der Waals surface area contributed by atoms with E-state index in [4.69, 9.17) is 5.73 Å². The lowest BCUT2D eigenvalue weighted by Crippen LogP contribution is -2.12. The molecule has 0 unspecified atom stereocenters. The van der Waals surface area contributed by atoms with Gasteiger partial charge in [0, 0.05) is 5.57 Å². The lowest BCUT2D eigenvalue weighted by Gasteiger charge is -1.99. The van der Waals surface area contributed by atoms with E-state index in [0.717, 1.165) is 5.57 Å². The Bertz CT molecular complexity index is 315. The fraction of sp³-hybridized carbons (Fsp3) is 0.417. The summed E-state index contributed by atoms with van der Waals surface area (Å²) in [5.41, 5.74) is 9.17. The van der Waals surface area contributed by atoms with Gasteiger partial charge in [-0.1, -0.05) is 23.3 Å². The first-order chi connectivity index (χ1) is 6.36. The van der Waals surface area contributed by atoms with Crippen LogP contribution in [0.3, 0.4) is 0 Å². The summed E-state index contributed by atoms with van der Waals surface area (Å²) in [7, 11) is 0. The fourth-order valence-corrected chi connectivity index (χ4v) is 0.736. The van der Waals surface area contributed by atoms with Crippen molar-refractivity contribution in [3.8, 4) is 0 Å². The first-order valence-corrected chi connectivity index (χ1v) is 4.65. The Balaban J connectivity index is 4.79. The van der Waals surface area contributed by atoms with Crippen LogP contribution < -0.4 is 5.73 Å². The van der Waals surface area contributed by atoms with Crippen LogP contribution in [0.15, 0.2) is 34.4 Å². The Morgan fingerprint density at radius 1 is 0.929 bits per heavy atom. The van der Waals surface area contributed by atoms with E-state index in [1.165, 1.54) is 11.1 Å². The van der Waals surface area contributed by atoms with E-state index in [9.17, 15) is 4.79 Å². The highest BCUT2D eigenvalue weighted by Crippen LogP contribution is 2.08. The van der Waals surface area contributed by atoms with Gasteiger partial charge in [-0.2, -0.15) is 0 Å². The SMILES string of the molecule is CC(C)=C(C)C=CC(C)=C(C)C(N)=O. The summed E-state index contributed by atoms with van der Waals surface area (Å²) in [4.78, 5) is 10.8. The summed E-state index contributed by atoms with van der Waals surface area (Å²) in [5.74, 6) is -0.359. The third-order valence-corrected chi connectivity index (χ3v) is 2.33. The normalized spacial score (nSPS) is 12.6. The molecule has 2 nitrogen and oxygen atoms in total. The number of carbonyl (C=O) groups is 1. The van der Waals surface area contributed by atoms with Gasteiger partial charge in [-0.15, -0.1) is 0 Å². The van der Waals surface area contributed by atoms with Gasteiger partial charge < -0.3 is 5.73 Å². The van der Waals surface area contributed by atoms with Gasteiger partial charge in [-0.25, -0.2) is 0 Å². The minimum atomic E-state index is -0.359. The average Bonchev–Trinajstić information content (AvgIpc) is 2.11. The zero-order valence-electron chi connectivity index (χ0n) is 9.64. The number of allylic oxidation sites excluding steroid dienone is 5. The molecular formula is C12H19NO. The second-order valence-corrected chi connectivity index (χ2v) is 3.69. The Morgan fingerprint density at radius 3 is 1.71 bits per heavy atom. The maximum Gasteiger partial charge on any atom is 0.244 e. The minimum absolute atomic E-state index is 0.359. The molecule has 0 heterocycles. The number of hydrogen-bond acceptors (Lipinski definition) is 1. The molecule has 0 aliphatic rings. The fourth-order valence-electron chi connectivity index (χ4n) is 0.736. The van der Waals surface area contributed by atoms with Crippen molar-refractivity contribution in [2.75, 3.05) is 0 Å². The van der Waals surface area contributed by atoms with Crippen LogP contribution in [0.1, 0.15) is 34.6 Å². The van der Waals surface area contributed by atoms with Gasteiger partial charge >= 0.3 is 0 Å². The van der Waals surface area contributed by atoms with Gasteiger partial charge in [0.15, 0.2) is 0 Å². The van der Waals surface area contributed by atoms with Gasteiger partial charge in [0.05, 0.1) is 0 Å². The molecule has 0 saturated carbocycles. The molecule has 0 aliphatic heterocycles. The number of amides is 1. The summed E-state index contributed by atoms with van der Waals surface area (Å²) < 4.78 is 0.